The first kappa shape index (κ1) is 13.7. The Hall–Kier alpha value is -0.750. The maximum absolute atomic E-state index is 11.1. The summed E-state index contributed by atoms with van der Waals surface area (Å²) in [5, 5.41) is -4.08. The first-order valence-electron chi connectivity index (χ1n) is 4.51. The summed E-state index contributed by atoms with van der Waals surface area (Å²) in [7, 11) is 23.2. The lowest BCUT2D eigenvalue weighted by Gasteiger charge is -2.47. The largest absolute Gasteiger partial charge is 0.499 e. The van der Waals surface area contributed by atoms with Crippen LogP contribution in [0.25, 0.3) is 0 Å². The standard InChI is InChI=1S/C7H2B4ClNO4S/c8-6(9)7(10,11)17-5-4(16-6)1-3(2-13-5)18(12,14)15/h1-2H. The fraction of sp³-hybridized carbons (Fsp3) is 0.286. The highest BCUT2D eigenvalue weighted by atomic mass is 35.7. The predicted molar refractivity (Wildman–Crippen MR) is 67.0 cm³/mol. The molecule has 0 aromatic carbocycles. The van der Waals surface area contributed by atoms with E-state index in [0.717, 1.165) is 12.3 Å². The van der Waals surface area contributed by atoms with Crippen LogP contribution >= 0.6 is 10.7 Å². The molecule has 18 heavy (non-hydrogen) atoms. The van der Waals surface area contributed by atoms with E-state index in [1.807, 2.05) is 0 Å². The second-order valence-electron chi connectivity index (χ2n) is 3.70. The average Bonchev–Trinajstić information content (AvgIpc) is 2.16. The molecule has 0 saturated heterocycles. The number of hydrogen-bond donors (Lipinski definition) is 0. The fourth-order valence-electron chi connectivity index (χ4n) is 1.20. The highest BCUT2D eigenvalue weighted by molar-refractivity contribution is 8.13. The van der Waals surface area contributed by atoms with Crippen molar-refractivity contribution in [2.75, 3.05) is 0 Å². The third-order valence-corrected chi connectivity index (χ3v) is 3.55. The zero-order valence-corrected chi connectivity index (χ0v) is 10.4. The van der Waals surface area contributed by atoms with Crippen molar-refractivity contribution in [1.82, 2.24) is 4.98 Å². The third-order valence-electron chi connectivity index (χ3n) is 2.23. The summed E-state index contributed by atoms with van der Waals surface area (Å²) in [6, 6.07) is 1.05. The van der Waals surface area contributed by atoms with Crippen molar-refractivity contribution in [3.63, 3.8) is 0 Å². The van der Waals surface area contributed by atoms with Crippen molar-refractivity contribution in [3.8, 4) is 11.6 Å². The van der Waals surface area contributed by atoms with Gasteiger partial charge in [0.15, 0.2) is 5.75 Å². The highest BCUT2D eigenvalue weighted by Crippen LogP contribution is 2.38. The van der Waals surface area contributed by atoms with Crippen LogP contribution in [-0.4, -0.2) is 55.6 Å². The Morgan fingerprint density at radius 3 is 2.28 bits per heavy atom. The molecule has 11 heteroatoms. The Morgan fingerprint density at radius 1 is 1.17 bits per heavy atom. The minimum Gasteiger partial charge on any atom is -0.499 e. The van der Waals surface area contributed by atoms with E-state index in [1.54, 1.807) is 0 Å². The van der Waals surface area contributed by atoms with E-state index in [1.165, 1.54) is 0 Å². The van der Waals surface area contributed by atoms with Gasteiger partial charge < -0.3 is 9.47 Å². The molecule has 2 heterocycles. The van der Waals surface area contributed by atoms with E-state index < -0.39 is 19.9 Å². The van der Waals surface area contributed by atoms with E-state index in [4.69, 9.17) is 51.5 Å². The maximum Gasteiger partial charge on any atom is 0.262 e. The van der Waals surface area contributed by atoms with Crippen molar-refractivity contribution < 1.29 is 17.9 Å². The number of hydrogen-bond acceptors (Lipinski definition) is 5. The molecule has 5 nitrogen and oxygen atoms in total. The van der Waals surface area contributed by atoms with Crippen LogP contribution in [0, 0.1) is 0 Å². The molecular formula is C7H2B4ClNO4S. The molecule has 8 radical (unpaired) electrons. The number of fused-ring (bicyclic) bond motifs is 1. The Bertz CT molecular complexity index is 605. The SMILES string of the molecule is [B]C1([B])Oc2cc(S(=O)(=O)Cl)cnc2OC1([B])[B]. The summed E-state index contributed by atoms with van der Waals surface area (Å²) in [6.07, 6.45) is 0.959. The first-order chi connectivity index (χ1) is 8.03. The minimum absolute atomic E-state index is 0.131. The highest BCUT2D eigenvalue weighted by Gasteiger charge is 2.43. The second-order valence-corrected chi connectivity index (χ2v) is 6.27. The van der Waals surface area contributed by atoms with Crippen molar-refractivity contribution in [1.29, 1.82) is 0 Å². The molecule has 0 amide bonds. The van der Waals surface area contributed by atoms with Crippen LogP contribution in [0.4, 0.5) is 0 Å². The van der Waals surface area contributed by atoms with Gasteiger partial charge in [-0.25, -0.2) is 13.4 Å². The molecule has 0 spiro atoms. The fourth-order valence-corrected chi connectivity index (χ4v) is 1.88. The molecule has 2 rings (SSSR count). The topological polar surface area (TPSA) is 65.5 Å². The Balaban J connectivity index is 2.52. The lowest BCUT2D eigenvalue weighted by Crippen LogP contribution is -2.65. The molecule has 0 atom stereocenters. The maximum atomic E-state index is 11.1. The molecule has 1 aromatic rings. The van der Waals surface area contributed by atoms with Crippen LogP contribution in [0.5, 0.6) is 11.6 Å². The van der Waals surface area contributed by atoms with Crippen LogP contribution in [0.3, 0.4) is 0 Å². The van der Waals surface area contributed by atoms with Crippen LogP contribution < -0.4 is 9.47 Å². The van der Waals surface area contributed by atoms with Crippen molar-refractivity contribution >= 4 is 51.1 Å². The van der Waals surface area contributed by atoms with Crippen molar-refractivity contribution in [2.45, 2.75) is 15.7 Å². The average molecular weight is 275 g/mol. The summed E-state index contributed by atoms with van der Waals surface area (Å²) >= 11 is 0. The summed E-state index contributed by atoms with van der Waals surface area (Å²) in [4.78, 5) is 3.36. The number of aromatic nitrogens is 1. The molecule has 0 aliphatic carbocycles. The molecule has 0 saturated carbocycles. The van der Waals surface area contributed by atoms with E-state index >= 15 is 0 Å². The molecule has 0 fully saturated rings. The van der Waals surface area contributed by atoms with Gasteiger partial charge in [-0.1, -0.05) is 0 Å². The summed E-state index contributed by atoms with van der Waals surface area (Å²) in [5.41, 5.74) is 0. The van der Waals surface area contributed by atoms with E-state index in [2.05, 4.69) is 4.98 Å². The van der Waals surface area contributed by atoms with Gasteiger partial charge in [-0.2, -0.15) is 0 Å². The summed E-state index contributed by atoms with van der Waals surface area (Å²) in [5.74, 6) is -0.274. The number of rotatable bonds is 1. The Morgan fingerprint density at radius 2 is 1.72 bits per heavy atom. The summed E-state index contributed by atoms with van der Waals surface area (Å²) in [6.45, 7) is 0. The van der Waals surface area contributed by atoms with Crippen LogP contribution in [0.1, 0.15) is 0 Å². The summed E-state index contributed by atoms with van der Waals surface area (Å²) < 4.78 is 32.3. The van der Waals surface area contributed by atoms with Gasteiger partial charge in [0.2, 0.25) is 0 Å². The zero-order chi connectivity index (χ0) is 13.8. The molecule has 84 valence electrons. The quantitative estimate of drug-likeness (QED) is 0.474. The van der Waals surface area contributed by atoms with Gasteiger partial charge in [0.25, 0.3) is 14.9 Å². The molecule has 0 N–H and O–H groups in total. The predicted octanol–water partition coefficient (Wildman–Crippen LogP) is -1.24. The third kappa shape index (κ3) is 2.23. The molecule has 1 aromatic heterocycles. The number of pyridine rings is 1. The van der Waals surface area contributed by atoms with Gasteiger partial charge in [0.05, 0.1) is 6.20 Å². The van der Waals surface area contributed by atoms with Crippen LogP contribution in [-0.2, 0) is 9.05 Å². The van der Waals surface area contributed by atoms with Gasteiger partial charge in [-0.05, 0) is 0 Å². The van der Waals surface area contributed by atoms with Gasteiger partial charge >= 0.3 is 0 Å². The van der Waals surface area contributed by atoms with E-state index in [0.29, 0.717) is 0 Å². The number of ether oxygens (including phenoxy) is 2. The second kappa shape index (κ2) is 3.87. The van der Waals surface area contributed by atoms with Gasteiger partial charge in [-0.3, -0.25) is 0 Å². The molecule has 1 aliphatic rings. The minimum atomic E-state index is -3.97. The lowest BCUT2D eigenvalue weighted by molar-refractivity contribution is 0.0561. The van der Waals surface area contributed by atoms with Crippen molar-refractivity contribution in [3.05, 3.63) is 12.3 Å². The zero-order valence-electron chi connectivity index (χ0n) is 8.83. The molecule has 0 unspecified atom stereocenters. The number of halogens is 1. The normalized spacial score (nSPS) is 20.3. The molecule has 0 bridgehead atoms. The first-order valence-corrected chi connectivity index (χ1v) is 6.82. The number of nitrogens with zero attached hydrogens (tertiary/aromatic N) is 1. The molecular weight excluding hydrogens is 273 g/mol. The van der Waals surface area contributed by atoms with Crippen LogP contribution in [0.2, 0.25) is 0 Å². The van der Waals surface area contributed by atoms with Crippen molar-refractivity contribution in [2.24, 2.45) is 0 Å². The Labute approximate surface area is 114 Å². The van der Waals surface area contributed by atoms with Gasteiger partial charge in [-0.15, -0.1) is 0 Å². The van der Waals surface area contributed by atoms with Crippen LogP contribution in [0.15, 0.2) is 17.2 Å². The van der Waals surface area contributed by atoms with Gasteiger partial charge in [0, 0.05) is 27.5 Å². The smallest absolute Gasteiger partial charge is 0.262 e. The van der Waals surface area contributed by atoms with E-state index in [9.17, 15) is 8.42 Å². The van der Waals surface area contributed by atoms with Gasteiger partial charge in [0.1, 0.15) is 36.3 Å². The monoisotopic (exact) mass is 275 g/mol. The Kier molecular flexibility index (Phi) is 2.94. The van der Waals surface area contributed by atoms with E-state index in [-0.39, 0.29) is 16.5 Å². The lowest BCUT2D eigenvalue weighted by atomic mass is 9.41. The molecule has 1 aliphatic heterocycles.